The van der Waals surface area contributed by atoms with Crippen molar-refractivity contribution in [2.45, 2.75) is 46.5 Å². The number of ketones is 1. The van der Waals surface area contributed by atoms with Gasteiger partial charge in [0, 0.05) is 38.5 Å². The quantitative estimate of drug-likeness (QED) is 0.464. The van der Waals surface area contributed by atoms with Crippen molar-refractivity contribution in [3.8, 4) is 16.9 Å². The Balaban J connectivity index is 1.36. The number of Topliss-reactive ketones (excluding diaryl/α,β-unsaturated/α-hetero) is 1. The number of esters is 1. The molecule has 1 aliphatic heterocycles. The van der Waals surface area contributed by atoms with E-state index in [9.17, 15) is 14.4 Å². The van der Waals surface area contributed by atoms with Crippen molar-refractivity contribution in [2.24, 2.45) is 11.7 Å². The van der Waals surface area contributed by atoms with Crippen molar-refractivity contribution in [3.63, 3.8) is 0 Å². The number of piperidine rings is 1. The molecule has 2 N–H and O–H groups in total. The summed E-state index contributed by atoms with van der Waals surface area (Å²) in [5, 5.41) is 0. The zero-order valence-corrected chi connectivity index (χ0v) is 21.5. The number of benzene rings is 2. The van der Waals surface area contributed by atoms with E-state index in [-0.39, 0.29) is 17.2 Å². The van der Waals surface area contributed by atoms with E-state index in [1.54, 1.807) is 13.8 Å². The fourth-order valence-electron chi connectivity index (χ4n) is 4.77. The van der Waals surface area contributed by atoms with Gasteiger partial charge in [-0.2, -0.15) is 0 Å². The minimum atomic E-state index is -0.742. The molecular weight excluding hydrogens is 468 g/mol. The van der Waals surface area contributed by atoms with Gasteiger partial charge in [-0.15, -0.1) is 0 Å². The Labute approximate surface area is 216 Å². The van der Waals surface area contributed by atoms with Crippen molar-refractivity contribution >= 4 is 23.3 Å². The SMILES string of the molecule is CC(=O)Cc1ccc(-c2ccc(N3CCC(Cc4nc(C)c(OC(C)=O)c(C(N)=O)n4)CC3)cc2)cc1. The number of nitrogens with two attached hydrogens (primary N) is 1. The van der Waals surface area contributed by atoms with E-state index in [0.717, 1.165) is 42.6 Å². The lowest BCUT2D eigenvalue weighted by molar-refractivity contribution is -0.132. The summed E-state index contributed by atoms with van der Waals surface area (Å²) in [5.41, 5.74) is 10.3. The van der Waals surface area contributed by atoms with E-state index >= 15 is 0 Å². The molecule has 1 saturated heterocycles. The number of nitrogens with zero attached hydrogens (tertiary/aromatic N) is 3. The number of anilines is 1. The lowest BCUT2D eigenvalue weighted by atomic mass is 9.92. The molecule has 0 bridgehead atoms. The van der Waals surface area contributed by atoms with Gasteiger partial charge in [-0.3, -0.25) is 14.4 Å². The largest absolute Gasteiger partial charge is 0.422 e. The highest BCUT2D eigenvalue weighted by atomic mass is 16.5. The van der Waals surface area contributed by atoms with Crippen LogP contribution >= 0.6 is 0 Å². The average Bonchev–Trinajstić information content (AvgIpc) is 2.86. The smallest absolute Gasteiger partial charge is 0.308 e. The van der Waals surface area contributed by atoms with Gasteiger partial charge < -0.3 is 15.4 Å². The molecule has 4 rings (SSSR count). The van der Waals surface area contributed by atoms with Gasteiger partial charge in [0.2, 0.25) is 0 Å². The van der Waals surface area contributed by atoms with E-state index in [1.807, 2.05) is 12.1 Å². The fraction of sp³-hybridized carbons (Fsp3) is 0.345. The van der Waals surface area contributed by atoms with E-state index in [0.29, 0.717) is 30.3 Å². The van der Waals surface area contributed by atoms with Crippen molar-refractivity contribution in [2.75, 3.05) is 18.0 Å². The van der Waals surface area contributed by atoms with Crippen LogP contribution in [0, 0.1) is 12.8 Å². The summed E-state index contributed by atoms with van der Waals surface area (Å²) >= 11 is 0. The number of ether oxygens (including phenoxy) is 1. The highest BCUT2D eigenvalue weighted by Crippen LogP contribution is 2.29. The van der Waals surface area contributed by atoms with Crippen LogP contribution in [0.4, 0.5) is 5.69 Å². The molecule has 1 aliphatic rings. The van der Waals surface area contributed by atoms with E-state index < -0.39 is 11.9 Å². The topological polar surface area (TPSA) is 115 Å². The highest BCUT2D eigenvalue weighted by molar-refractivity contribution is 5.94. The van der Waals surface area contributed by atoms with E-state index in [4.69, 9.17) is 10.5 Å². The van der Waals surface area contributed by atoms with E-state index in [1.165, 1.54) is 12.6 Å². The molecule has 1 fully saturated rings. The Bertz CT molecular complexity index is 1290. The standard InChI is InChI=1S/C29H32N4O4/c1-18(34)16-21-4-6-23(7-5-21)24-8-10-25(11-9-24)33-14-12-22(13-15-33)17-26-31-19(2)28(37-20(3)35)27(32-26)29(30)36/h4-11,22H,12-17H2,1-3H3,(H2,30,36). The molecule has 0 radical (unpaired) electrons. The molecule has 192 valence electrons. The Morgan fingerprint density at radius 3 is 2.08 bits per heavy atom. The number of primary amides is 1. The Morgan fingerprint density at radius 2 is 1.54 bits per heavy atom. The van der Waals surface area contributed by atoms with Crippen molar-refractivity contribution in [3.05, 3.63) is 71.3 Å². The zero-order chi connectivity index (χ0) is 26.5. The maximum absolute atomic E-state index is 11.9. The molecule has 2 heterocycles. The first-order valence-corrected chi connectivity index (χ1v) is 12.5. The van der Waals surface area contributed by atoms with Crippen molar-refractivity contribution in [1.29, 1.82) is 0 Å². The van der Waals surface area contributed by atoms with Crippen molar-refractivity contribution in [1.82, 2.24) is 9.97 Å². The summed E-state index contributed by atoms with van der Waals surface area (Å²) < 4.78 is 5.12. The molecule has 0 aliphatic carbocycles. The van der Waals surface area contributed by atoms with Crippen LogP contribution in [0.25, 0.3) is 11.1 Å². The summed E-state index contributed by atoms with van der Waals surface area (Å²) in [6.45, 7) is 6.37. The predicted octanol–water partition coefficient (Wildman–Crippen LogP) is 4.07. The maximum Gasteiger partial charge on any atom is 0.308 e. The Hall–Kier alpha value is -4.07. The van der Waals surface area contributed by atoms with Gasteiger partial charge in [0.15, 0.2) is 11.4 Å². The summed E-state index contributed by atoms with van der Waals surface area (Å²) in [7, 11) is 0. The van der Waals surface area contributed by atoms with Gasteiger partial charge in [0.25, 0.3) is 5.91 Å². The minimum absolute atomic E-state index is 0.0361. The maximum atomic E-state index is 11.9. The second-order valence-electron chi connectivity index (χ2n) is 9.62. The number of hydrogen-bond donors (Lipinski definition) is 1. The molecular formula is C29H32N4O4. The second-order valence-corrected chi connectivity index (χ2v) is 9.62. The number of rotatable bonds is 8. The monoisotopic (exact) mass is 500 g/mol. The van der Waals surface area contributed by atoms with Crippen LogP contribution in [0.3, 0.4) is 0 Å². The molecule has 0 atom stereocenters. The van der Waals surface area contributed by atoms with Gasteiger partial charge >= 0.3 is 5.97 Å². The van der Waals surface area contributed by atoms with Crippen LogP contribution in [0.15, 0.2) is 48.5 Å². The molecule has 1 amide bonds. The number of aryl methyl sites for hydroxylation is 1. The molecule has 37 heavy (non-hydrogen) atoms. The van der Waals surface area contributed by atoms with Crippen LogP contribution in [0.1, 0.15) is 54.3 Å². The first-order valence-electron chi connectivity index (χ1n) is 12.5. The molecule has 1 aromatic heterocycles. The third-order valence-electron chi connectivity index (χ3n) is 6.62. The number of aromatic nitrogens is 2. The van der Waals surface area contributed by atoms with Crippen LogP contribution in [0.5, 0.6) is 5.75 Å². The van der Waals surface area contributed by atoms with Gasteiger partial charge in [0.1, 0.15) is 11.6 Å². The summed E-state index contributed by atoms with van der Waals surface area (Å²) in [6.07, 6.45) is 3.04. The lowest BCUT2D eigenvalue weighted by Crippen LogP contribution is -2.34. The summed E-state index contributed by atoms with van der Waals surface area (Å²) in [4.78, 5) is 45.8. The highest BCUT2D eigenvalue weighted by Gasteiger charge is 2.24. The number of carbonyl (C=O) groups excluding carboxylic acids is 3. The van der Waals surface area contributed by atoms with Crippen LogP contribution in [-0.2, 0) is 22.4 Å². The number of carbonyl (C=O) groups is 3. The Morgan fingerprint density at radius 1 is 0.946 bits per heavy atom. The fourth-order valence-corrected chi connectivity index (χ4v) is 4.77. The molecule has 0 saturated carbocycles. The zero-order valence-electron chi connectivity index (χ0n) is 21.5. The number of hydrogen-bond acceptors (Lipinski definition) is 7. The summed E-state index contributed by atoms with van der Waals surface area (Å²) in [6, 6.07) is 16.7. The molecule has 2 aromatic carbocycles. The van der Waals surface area contributed by atoms with Gasteiger partial charge in [-0.25, -0.2) is 9.97 Å². The van der Waals surface area contributed by atoms with Crippen LogP contribution in [-0.4, -0.2) is 40.7 Å². The van der Waals surface area contributed by atoms with Crippen LogP contribution in [0.2, 0.25) is 0 Å². The van der Waals surface area contributed by atoms with E-state index in [2.05, 4.69) is 51.3 Å². The second kappa shape index (κ2) is 11.3. The minimum Gasteiger partial charge on any atom is -0.422 e. The van der Waals surface area contributed by atoms with Gasteiger partial charge in [0.05, 0.1) is 5.69 Å². The average molecular weight is 501 g/mol. The van der Waals surface area contributed by atoms with Crippen LogP contribution < -0.4 is 15.4 Å². The molecule has 8 nitrogen and oxygen atoms in total. The first kappa shape index (κ1) is 26.0. The van der Waals surface area contributed by atoms with Gasteiger partial charge in [-0.1, -0.05) is 36.4 Å². The van der Waals surface area contributed by atoms with Gasteiger partial charge in [-0.05, 0) is 61.4 Å². The summed E-state index contributed by atoms with van der Waals surface area (Å²) in [5.74, 6) is -0.175. The molecule has 3 aromatic rings. The lowest BCUT2D eigenvalue weighted by Gasteiger charge is -2.33. The predicted molar refractivity (Wildman–Crippen MR) is 141 cm³/mol. The third-order valence-corrected chi connectivity index (χ3v) is 6.62. The normalized spacial score (nSPS) is 13.9. The molecule has 0 unspecified atom stereocenters. The first-order chi connectivity index (χ1) is 17.7. The Kier molecular flexibility index (Phi) is 7.96. The van der Waals surface area contributed by atoms with Crippen molar-refractivity contribution < 1.29 is 19.1 Å². The number of amides is 1. The third kappa shape index (κ3) is 6.58. The molecule has 8 heteroatoms. The molecule has 0 spiro atoms.